The number of para-hydroxylation sites is 2. The molecule has 2 aromatic carbocycles. The molecule has 158 valence electrons. The molecule has 0 bridgehead atoms. The lowest BCUT2D eigenvalue weighted by Gasteiger charge is -2.21. The predicted octanol–water partition coefficient (Wildman–Crippen LogP) is 4.38. The van der Waals surface area contributed by atoms with Crippen molar-refractivity contribution in [3.05, 3.63) is 88.7 Å². The highest BCUT2D eigenvalue weighted by Crippen LogP contribution is 2.30. The number of fused-ring (bicyclic) bond motifs is 1. The SMILES string of the molecule is CCOC(=O)c1ccc(C(=O)Nc2ccccc2CN2CCc3ccccc32)nc1C. The number of aryl methyl sites for hydroxylation is 1. The summed E-state index contributed by atoms with van der Waals surface area (Å²) in [5.41, 5.74) is 5.48. The number of benzene rings is 2. The number of carbonyl (C=O) groups excluding carboxylic acids is 2. The molecule has 0 fully saturated rings. The second-order valence-corrected chi connectivity index (χ2v) is 7.46. The third-order valence-corrected chi connectivity index (χ3v) is 5.42. The Morgan fingerprint density at radius 3 is 2.65 bits per heavy atom. The molecule has 1 aliphatic rings. The third kappa shape index (κ3) is 4.43. The average molecular weight is 415 g/mol. The van der Waals surface area contributed by atoms with E-state index >= 15 is 0 Å². The zero-order valence-corrected chi connectivity index (χ0v) is 17.7. The Kier molecular flexibility index (Phi) is 5.98. The highest BCUT2D eigenvalue weighted by molar-refractivity contribution is 6.04. The average Bonchev–Trinajstić information content (AvgIpc) is 3.18. The molecule has 0 saturated carbocycles. The van der Waals surface area contributed by atoms with Crippen molar-refractivity contribution in [2.75, 3.05) is 23.4 Å². The topological polar surface area (TPSA) is 71.5 Å². The van der Waals surface area contributed by atoms with Crippen molar-refractivity contribution >= 4 is 23.3 Å². The third-order valence-electron chi connectivity index (χ3n) is 5.42. The number of amides is 1. The van der Waals surface area contributed by atoms with E-state index in [-0.39, 0.29) is 11.6 Å². The van der Waals surface area contributed by atoms with Crippen LogP contribution in [0.5, 0.6) is 0 Å². The number of ether oxygens (including phenoxy) is 1. The van der Waals surface area contributed by atoms with Crippen LogP contribution in [0, 0.1) is 6.92 Å². The molecule has 3 aromatic rings. The van der Waals surface area contributed by atoms with Crippen molar-refractivity contribution in [2.24, 2.45) is 0 Å². The summed E-state index contributed by atoms with van der Waals surface area (Å²) < 4.78 is 5.02. The standard InChI is InChI=1S/C25H25N3O3/c1-3-31-25(30)20-12-13-22(26-17(20)2)24(29)27-21-10-6-4-9-19(21)16-28-15-14-18-8-5-7-11-23(18)28/h4-13H,3,14-16H2,1-2H3,(H,27,29). The van der Waals surface area contributed by atoms with Crippen molar-refractivity contribution in [2.45, 2.75) is 26.8 Å². The second-order valence-electron chi connectivity index (χ2n) is 7.46. The van der Waals surface area contributed by atoms with Crippen LogP contribution in [0.1, 0.15) is 44.6 Å². The van der Waals surface area contributed by atoms with Crippen LogP contribution in [0.4, 0.5) is 11.4 Å². The zero-order valence-electron chi connectivity index (χ0n) is 17.7. The molecule has 6 nitrogen and oxygen atoms in total. The van der Waals surface area contributed by atoms with Gasteiger partial charge in [-0.2, -0.15) is 0 Å². The number of carbonyl (C=O) groups is 2. The van der Waals surface area contributed by atoms with Crippen molar-refractivity contribution < 1.29 is 14.3 Å². The monoisotopic (exact) mass is 415 g/mol. The van der Waals surface area contributed by atoms with Gasteiger partial charge in [0.05, 0.1) is 17.9 Å². The van der Waals surface area contributed by atoms with Crippen LogP contribution < -0.4 is 10.2 Å². The summed E-state index contributed by atoms with van der Waals surface area (Å²) in [4.78, 5) is 31.5. The number of nitrogens with zero attached hydrogens (tertiary/aromatic N) is 2. The van der Waals surface area contributed by atoms with Gasteiger partial charge in [0.1, 0.15) is 5.69 Å². The van der Waals surface area contributed by atoms with Gasteiger partial charge in [-0.05, 0) is 55.7 Å². The summed E-state index contributed by atoms with van der Waals surface area (Å²) in [5, 5.41) is 2.98. The lowest BCUT2D eigenvalue weighted by atomic mass is 10.1. The molecule has 4 rings (SSSR count). The van der Waals surface area contributed by atoms with Gasteiger partial charge in [0.15, 0.2) is 0 Å². The molecular weight excluding hydrogens is 390 g/mol. The first-order valence-corrected chi connectivity index (χ1v) is 10.4. The van der Waals surface area contributed by atoms with E-state index in [2.05, 4.69) is 39.5 Å². The van der Waals surface area contributed by atoms with Crippen molar-refractivity contribution in [3.8, 4) is 0 Å². The molecule has 31 heavy (non-hydrogen) atoms. The quantitative estimate of drug-likeness (QED) is 0.605. The summed E-state index contributed by atoms with van der Waals surface area (Å²) >= 11 is 0. The van der Waals surface area contributed by atoms with Crippen LogP contribution in [0.15, 0.2) is 60.7 Å². The maximum atomic E-state index is 12.9. The Bertz CT molecular complexity index is 1130. The number of anilines is 2. The summed E-state index contributed by atoms with van der Waals surface area (Å²) in [7, 11) is 0. The molecular formula is C25H25N3O3. The van der Waals surface area contributed by atoms with Crippen LogP contribution in [-0.2, 0) is 17.7 Å². The lowest BCUT2D eigenvalue weighted by molar-refractivity contribution is 0.0524. The summed E-state index contributed by atoms with van der Waals surface area (Å²) in [6.07, 6.45) is 1.03. The van der Waals surface area contributed by atoms with Gasteiger partial charge in [-0.1, -0.05) is 36.4 Å². The number of pyridine rings is 1. The minimum atomic E-state index is -0.435. The predicted molar refractivity (Wildman–Crippen MR) is 121 cm³/mol. The van der Waals surface area contributed by atoms with Crippen LogP contribution >= 0.6 is 0 Å². The van der Waals surface area contributed by atoms with E-state index in [1.54, 1.807) is 26.0 Å². The van der Waals surface area contributed by atoms with Gasteiger partial charge in [0, 0.05) is 24.5 Å². The lowest BCUT2D eigenvalue weighted by Crippen LogP contribution is -2.22. The Hall–Kier alpha value is -3.67. The number of esters is 1. The zero-order chi connectivity index (χ0) is 21.8. The smallest absolute Gasteiger partial charge is 0.339 e. The van der Waals surface area contributed by atoms with Crippen LogP contribution in [0.3, 0.4) is 0 Å². The van der Waals surface area contributed by atoms with Gasteiger partial charge in [-0.15, -0.1) is 0 Å². The second kappa shape index (κ2) is 9.00. The van der Waals surface area contributed by atoms with E-state index in [1.807, 2.05) is 24.3 Å². The highest BCUT2D eigenvalue weighted by atomic mass is 16.5. The number of rotatable bonds is 6. The number of hydrogen-bond acceptors (Lipinski definition) is 5. The first kappa shape index (κ1) is 20.6. The fourth-order valence-electron chi connectivity index (χ4n) is 3.86. The molecule has 0 spiro atoms. The van der Waals surface area contributed by atoms with E-state index in [1.165, 1.54) is 11.3 Å². The van der Waals surface area contributed by atoms with E-state index in [9.17, 15) is 9.59 Å². The summed E-state index contributed by atoms with van der Waals surface area (Å²) in [6.45, 7) is 5.40. The molecule has 1 amide bonds. The van der Waals surface area contributed by atoms with Crippen molar-refractivity contribution in [1.29, 1.82) is 0 Å². The van der Waals surface area contributed by atoms with E-state index < -0.39 is 5.97 Å². The number of hydrogen-bond donors (Lipinski definition) is 1. The molecule has 2 heterocycles. The first-order valence-electron chi connectivity index (χ1n) is 10.4. The van der Waals surface area contributed by atoms with Crippen molar-refractivity contribution in [1.82, 2.24) is 4.98 Å². The van der Waals surface area contributed by atoms with Gasteiger partial charge in [-0.3, -0.25) is 4.79 Å². The van der Waals surface area contributed by atoms with E-state index in [0.29, 0.717) is 24.4 Å². The Labute approximate surface area is 181 Å². The molecule has 1 aromatic heterocycles. The van der Waals surface area contributed by atoms with Crippen LogP contribution in [-0.4, -0.2) is 30.0 Å². The fraction of sp³-hybridized carbons (Fsp3) is 0.240. The van der Waals surface area contributed by atoms with Crippen molar-refractivity contribution in [3.63, 3.8) is 0 Å². The highest BCUT2D eigenvalue weighted by Gasteiger charge is 2.20. The molecule has 0 radical (unpaired) electrons. The maximum absolute atomic E-state index is 12.9. The molecule has 6 heteroatoms. The fourth-order valence-corrected chi connectivity index (χ4v) is 3.86. The van der Waals surface area contributed by atoms with Crippen LogP contribution in [0.25, 0.3) is 0 Å². The normalized spacial score (nSPS) is 12.4. The number of nitrogens with one attached hydrogen (secondary N) is 1. The Balaban J connectivity index is 1.51. The van der Waals surface area contributed by atoms with Gasteiger partial charge >= 0.3 is 5.97 Å². The molecule has 0 aliphatic carbocycles. The molecule has 0 unspecified atom stereocenters. The van der Waals surface area contributed by atoms with E-state index in [0.717, 1.165) is 24.2 Å². The molecule has 1 aliphatic heterocycles. The molecule has 0 atom stereocenters. The summed E-state index contributed by atoms with van der Waals surface area (Å²) in [6, 6.07) is 19.4. The molecule has 1 N–H and O–H groups in total. The Morgan fingerprint density at radius 2 is 1.84 bits per heavy atom. The largest absolute Gasteiger partial charge is 0.462 e. The van der Waals surface area contributed by atoms with Gasteiger partial charge in [0.2, 0.25) is 0 Å². The van der Waals surface area contributed by atoms with Gasteiger partial charge in [-0.25, -0.2) is 9.78 Å². The van der Waals surface area contributed by atoms with Gasteiger partial charge in [0.25, 0.3) is 5.91 Å². The minimum absolute atomic E-state index is 0.256. The minimum Gasteiger partial charge on any atom is -0.462 e. The summed E-state index contributed by atoms with van der Waals surface area (Å²) in [5.74, 6) is -0.747. The number of aromatic nitrogens is 1. The molecule has 0 saturated heterocycles. The van der Waals surface area contributed by atoms with E-state index in [4.69, 9.17) is 4.74 Å². The Morgan fingerprint density at radius 1 is 1.06 bits per heavy atom. The van der Waals surface area contributed by atoms with Gasteiger partial charge < -0.3 is 15.0 Å². The first-order chi connectivity index (χ1) is 15.1. The van der Waals surface area contributed by atoms with Crippen LogP contribution in [0.2, 0.25) is 0 Å². The maximum Gasteiger partial charge on any atom is 0.339 e.